The van der Waals surface area contributed by atoms with E-state index in [-0.39, 0.29) is 12.3 Å². The van der Waals surface area contributed by atoms with Gasteiger partial charge < -0.3 is 15.3 Å². The third kappa shape index (κ3) is 6.48. The van der Waals surface area contributed by atoms with Crippen LogP contribution in [0.25, 0.3) is 0 Å². The molecule has 0 atom stereocenters. The Hall–Kier alpha value is -1.92. The largest absolute Gasteiger partial charge is 0.481 e. The van der Waals surface area contributed by atoms with Crippen LogP contribution in [0.3, 0.4) is 0 Å². The lowest BCUT2D eigenvalue weighted by Gasteiger charge is -2.32. The minimum Gasteiger partial charge on any atom is -0.481 e. The number of likely N-dealkylation sites (N-methyl/N-ethyl adjacent to an activating group) is 1. The Bertz CT molecular complexity index is 608. The van der Waals surface area contributed by atoms with Crippen molar-refractivity contribution in [1.29, 1.82) is 0 Å². The van der Waals surface area contributed by atoms with Crippen molar-refractivity contribution in [1.82, 2.24) is 15.1 Å². The number of rotatable bonds is 7. The zero-order chi connectivity index (χ0) is 18.4. The molecule has 1 heterocycles. The minimum absolute atomic E-state index is 0.0384. The van der Waals surface area contributed by atoms with Crippen molar-refractivity contribution >= 4 is 11.9 Å². The van der Waals surface area contributed by atoms with Gasteiger partial charge in [-0.3, -0.25) is 14.5 Å². The first-order valence-electron chi connectivity index (χ1n) is 8.79. The van der Waals surface area contributed by atoms with Crippen molar-refractivity contribution in [3.05, 3.63) is 35.4 Å². The number of hydrogen-bond donors (Lipinski definition) is 2. The van der Waals surface area contributed by atoms with Gasteiger partial charge in [-0.25, -0.2) is 0 Å². The first kappa shape index (κ1) is 19.4. The number of benzene rings is 1. The molecule has 138 valence electrons. The molecule has 1 aliphatic heterocycles. The summed E-state index contributed by atoms with van der Waals surface area (Å²) in [4.78, 5) is 28.0. The van der Waals surface area contributed by atoms with Crippen molar-refractivity contribution in [2.75, 3.05) is 33.2 Å². The van der Waals surface area contributed by atoms with Crippen LogP contribution < -0.4 is 5.32 Å². The van der Waals surface area contributed by atoms with Gasteiger partial charge in [0.2, 0.25) is 0 Å². The molecular weight excluding hydrogens is 318 g/mol. The molecule has 6 heteroatoms. The Balaban J connectivity index is 1.95. The molecule has 25 heavy (non-hydrogen) atoms. The van der Waals surface area contributed by atoms with Gasteiger partial charge in [0.25, 0.3) is 5.91 Å². The second-order valence-electron chi connectivity index (χ2n) is 7.51. The van der Waals surface area contributed by atoms with E-state index >= 15 is 0 Å². The summed E-state index contributed by atoms with van der Waals surface area (Å²) in [6.07, 6.45) is 0.436. The molecule has 1 fully saturated rings. The van der Waals surface area contributed by atoms with E-state index in [4.69, 9.17) is 5.11 Å². The summed E-state index contributed by atoms with van der Waals surface area (Å²) in [5.74, 6) is -1.01. The molecule has 0 bridgehead atoms. The van der Waals surface area contributed by atoms with Gasteiger partial charge in [-0.05, 0) is 45.0 Å². The summed E-state index contributed by atoms with van der Waals surface area (Å²) in [6, 6.07) is 7.69. The molecule has 0 radical (unpaired) electrons. The molecule has 1 aliphatic rings. The smallest absolute Gasteiger partial charge is 0.303 e. The van der Waals surface area contributed by atoms with Crippen LogP contribution in [-0.4, -0.2) is 65.5 Å². The van der Waals surface area contributed by atoms with E-state index in [1.165, 1.54) is 0 Å². The number of piperazine rings is 1. The van der Waals surface area contributed by atoms with Crippen LogP contribution in [0.15, 0.2) is 24.3 Å². The Morgan fingerprint density at radius 1 is 1.20 bits per heavy atom. The van der Waals surface area contributed by atoms with E-state index in [1.807, 2.05) is 32.0 Å². The molecule has 2 rings (SSSR count). The van der Waals surface area contributed by atoms with Crippen LogP contribution in [0.4, 0.5) is 0 Å². The second kappa shape index (κ2) is 8.45. The fraction of sp³-hybridized carbons (Fsp3) is 0.579. The van der Waals surface area contributed by atoms with Crippen LogP contribution in [0.2, 0.25) is 0 Å². The van der Waals surface area contributed by atoms with Crippen molar-refractivity contribution in [3.63, 3.8) is 0 Å². The van der Waals surface area contributed by atoms with E-state index < -0.39 is 11.5 Å². The lowest BCUT2D eigenvalue weighted by atomic mass is 9.97. The lowest BCUT2D eigenvalue weighted by Crippen LogP contribution is -2.44. The number of nitrogens with one attached hydrogen (secondary N) is 1. The third-order valence-electron chi connectivity index (χ3n) is 4.61. The monoisotopic (exact) mass is 347 g/mol. The van der Waals surface area contributed by atoms with Crippen LogP contribution >= 0.6 is 0 Å². The van der Waals surface area contributed by atoms with Crippen molar-refractivity contribution < 1.29 is 14.7 Å². The van der Waals surface area contributed by atoms with Gasteiger partial charge in [0.15, 0.2) is 0 Å². The maximum atomic E-state index is 12.5. The van der Waals surface area contributed by atoms with Crippen LogP contribution in [-0.2, 0) is 11.3 Å². The molecule has 1 aromatic rings. The highest BCUT2D eigenvalue weighted by Gasteiger charge is 2.22. The molecule has 0 spiro atoms. The Morgan fingerprint density at radius 2 is 1.88 bits per heavy atom. The molecule has 0 saturated carbocycles. The van der Waals surface area contributed by atoms with Gasteiger partial charge in [-0.15, -0.1) is 0 Å². The van der Waals surface area contributed by atoms with Crippen molar-refractivity contribution in [2.45, 2.75) is 38.8 Å². The zero-order valence-electron chi connectivity index (χ0n) is 15.4. The minimum atomic E-state index is -0.850. The van der Waals surface area contributed by atoms with Gasteiger partial charge in [0.05, 0.1) is 0 Å². The number of carbonyl (C=O) groups is 2. The van der Waals surface area contributed by atoms with Gasteiger partial charge in [0, 0.05) is 50.2 Å². The molecule has 0 aromatic heterocycles. The van der Waals surface area contributed by atoms with Gasteiger partial charge >= 0.3 is 5.97 Å². The SMILES string of the molecule is CN1CCN(Cc2cccc(C(=O)NC(C)(C)CCC(=O)O)c2)CC1. The topological polar surface area (TPSA) is 72.9 Å². The highest BCUT2D eigenvalue weighted by atomic mass is 16.4. The number of hydrogen-bond acceptors (Lipinski definition) is 4. The van der Waals surface area contributed by atoms with Crippen LogP contribution in [0.5, 0.6) is 0 Å². The average Bonchev–Trinajstić information content (AvgIpc) is 2.55. The molecule has 0 aliphatic carbocycles. The molecule has 6 nitrogen and oxygen atoms in total. The fourth-order valence-corrected chi connectivity index (χ4v) is 2.94. The molecule has 0 unspecified atom stereocenters. The Morgan fingerprint density at radius 3 is 2.52 bits per heavy atom. The number of carbonyl (C=O) groups excluding carboxylic acids is 1. The normalized spacial score (nSPS) is 16.6. The summed E-state index contributed by atoms with van der Waals surface area (Å²) in [7, 11) is 2.13. The number of carboxylic acids is 1. The van der Waals surface area contributed by atoms with E-state index in [2.05, 4.69) is 22.2 Å². The Labute approximate surface area is 149 Å². The van der Waals surface area contributed by atoms with E-state index in [0.29, 0.717) is 12.0 Å². The maximum absolute atomic E-state index is 12.5. The predicted molar refractivity (Wildman–Crippen MR) is 97.6 cm³/mol. The van der Waals surface area contributed by atoms with Crippen LogP contribution in [0.1, 0.15) is 42.6 Å². The van der Waals surface area contributed by atoms with Crippen LogP contribution in [0, 0.1) is 0 Å². The fourth-order valence-electron chi connectivity index (χ4n) is 2.94. The van der Waals surface area contributed by atoms with Gasteiger partial charge in [0.1, 0.15) is 0 Å². The van der Waals surface area contributed by atoms with E-state index in [1.54, 1.807) is 6.07 Å². The third-order valence-corrected chi connectivity index (χ3v) is 4.61. The number of aliphatic carboxylic acids is 1. The number of carboxylic acid groups (broad SMARTS) is 1. The van der Waals surface area contributed by atoms with E-state index in [9.17, 15) is 9.59 Å². The standard InChI is InChI=1S/C19H29N3O3/c1-19(2,8-7-17(23)24)20-18(25)16-6-4-5-15(13-16)14-22-11-9-21(3)10-12-22/h4-6,13H,7-12,14H2,1-3H3,(H,20,25)(H,23,24). The summed E-state index contributed by atoms with van der Waals surface area (Å²) in [5.41, 5.74) is 1.19. The predicted octanol–water partition coefficient (Wildman–Crippen LogP) is 1.81. The van der Waals surface area contributed by atoms with Gasteiger partial charge in [-0.2, -0.15) is 0 Å². The maximum Gasteiger partial charge on any atom is 0.303 e. The van der Waals surface area contributed by atoms with E-state index in [0.717, 1.165) is 38.3 Å². The highest BCUT2D eigenvalue weighted by molar-refractivity contribution is 5.94. The molecule has 2 N–H and O–H groups in total. The molecule has 1 amide bonds. The van der Waals surface area contributed by atoms with Crippen molar-refractivity contribution in [2.24, 2.45) is 0 Å². The number of nitrogens with zero attached hydrogens (tertiary/aromatic N) is 2. The van der Waals surface area contributed by atoms with Crippen molar-refractivity contribution in [3.8, 4) is 0 Å². The molecular formula is C19H29N3O3. The van der Waals surface area contributed by atoms with Gasteiger partial charge in [-0.1, -0.05) is 12.1 Å². The first-order chi connectivity index (χ1) is 11.7. The first-order valence-corrected chi connectivity index (χ1v) is 8.79. The average molecular weight is 347 g/mol. The Kier molecular flexibility index (Phi) is 6.56. The zero-order valence-corrected chi connectivity index (χ0v) is 15.4. The quantitative estimate of drug-likeness (QED) is 0.787. The summed E-state index contributed by atoms with van der Waals surface area (Å²) in [5, 5.41) is 11.8. The summed E-state index contributed by atoms with van der Waals surface area (Å²) < 4.78 is 0. The second-order valence-corrected chi connectivity index (χ2v) is 7.51. The summed E-state index contributed by atoms with van der Waals surface area (Å²) >= 11 is 0. The summed E-state index contributed by atoms with van der Waals surface area (Å²) in [6.45, 7) is 8.75. The molecule has 1 aromatic carbocycles. The highest BCUT2D eigenvalue weighted by Crippen LogP contribution is 2.15. The molecule has 1 saturated heterocycles. The number of amides is 1. The lowest BCUT2D eigenvalue weighted by molar-refractivity contribution is -0.137.